The molecule has 0 saturated carbocycles. The summed E-state index contributed by atoms with van der Waals surface area (Å²) in [5.74, 6) is -12.8. The molecule has 11 amide bonds. The average molecular weight is 1630 g/mol. The predicted octanol–water partition coefficient (Wildman–Crippen LogP) is 2.75. The number of rotatable bonds is 18. The number of aliphatic hydroxyl groups is 3. The van der Waals surface area contributed by atoms with E-state index in [0.29, 0.717) is 19.3 Å². The van der Waals surface area contributed by atoms with Crippen molar-refractivity contribution in [3.63, 3.8) is 0 Å². The largest absolute Gasteiger partial charge is 0.505 e. The second-order valence-electron chi connectivity index (χ2n) is 30.5. The van der Waals surface area contributed by atoms with Crippen LogP contribution in [0.15, 0.2) is 146 Å². The molecule has 0 radical (unpaired) electrons. The number of esters is 1. The van der Waals surface area contributed by atoms with Gasteiger partial charge in [0, 0.05) is 31.6 Å². The highest BCUT2D eigenvalue weighted by molar-refractivity contribution is 6.01. The standard InChI is InChI=1S/C29H39N5O6.C28H37N5O6.C28H36N4O7/c1-6-16(2)24-28(39)31-18(4)22(33-27(38)23-21(35)13-10-14-30-23)26(37)32-20(15-19-11-8-7-9-12-19)25(36)17(3)29(40)34(24)5;1-5-15(2)21-26(37)30-17(4)22(33-28(39)23-20(34)12-9-13-29-23)27(38)31-19(14-18-10-7-6-8-11-18)24(35)16(3)25(36)32-21;1-5-15(2)24-27(37)30-17(4)21(32-26(36)22-20(33)12-9-13-29-22)25(35)31-19(14-18-10-7-6-8-11-18)23(34)16(3)28(38)39-24/h7-14,16-18,20,22,24-25,35-36H,6,15H2,1-5H3,(H,31,39)(H,32,37)(H,33,38);6-13,15-17,19,21-22,24,34-35H,5,14H2,1-4H3,(H,30,37)(H,31,38)(H,32,36)(H,33,39);6-13,15-17,19,21,23-24,33-34H,5,14H2,1-4H3,(H,30,37)(H,31,35)(H,32,36)/t16?,17-,18-,20+,22+,24?,25+;15?,16-,17-,19+,21?,22+,24+;15?,16-,17-,19+,21+,23+,24?/m111/s1. The highest BCUT2D eigenvalue weighted by Crippen LogP contribution is 2.26. The number of ether oxygens (including phenoxy) is 1. The molecule has 0 bridgehead atoms. The Hall–Kier alpha value is -12.0. The monoisotopic (exact) mass is 1630 g/mol. The van der Waals surface area contributed by atoms with E-state index in [0.717, 1.165) is 16.7 Å². The fourth-order valence-corrected chi connectivity index (χ4v) is 13.8. The van der Waals surface area contributed by atoms with Gasteiger partial charge in [0.2, 0.25) is 41.4 Å². The number of carbonyl (C=O) groups is 12. The van der Waals surface area contributed by atoms with Crippen LogP contribution in [-0.2, 0) is 67.2 Å². The Morgan fingerprint density at radius 2 is 0.737 bits per heavy atom. The van der Waals surface area contributed by atoms with Gasteiger partial charge in [-0.15, -0.1) is 0 Å². The van der Waals surface area contributed by atoms with Crippen LogP contribution in [0.25, 0.3) is 0 Å². The molecule has 3 aliphatic heterocycles. The molecule has 3 fully saturated rings. The molecule has 3 aromatic heterocycles. The fourth-order valence-electron chi connectivity index (χ4n) is 13.8. The molecule has 0 aliphatic carbocycles. The SMILES string of the molecule is CCC(C)C1C(=O)N[C@H](C)[C@H](NC(=O)c2ncccc2O)C(=O)N[C@@H](Cc2ccccc2)[C@@H](O)[C@@H](C)C(=O)N1C.CCC(C)C1NC(=O)[C@H](C)[C@H](O)[C@H](Cc2ccccc2)NC(=O)[C@@H](NC(=O)c2ncccc2O)[C@@H](C)NC1=O.CCC(C)C1OC(=O)[C@H](C)[C@H](O)[C@H](Cc2ccccc2)NC(=O)[C@@H](NC(=O)c2ncccc2O)[C@@H](C)NC1=O. The number of amides is 11. The zero-order chi connectivity index (χ0) is 86.9. The molecule has 0 spiro atoms. The molecule has 3 aromatic carbocycles. The number of nitrogens with one attached hydrogen (secondary N) is 10. The van der Waals surface area contributed by atoms with E-state index >= 15 is 0 Å². The lowest BCUT2D eigenvalue weighted by Gasteiger charge is -2.38. The number of aromatic nitrogens is 3. The summed E-state index contributed by atoms with van der Waals surface area (Å²) in [5, 5.41) is 91.2. The molecule has 33 heteroatoms. The van der Waals surface area contributed by atoms with Crippen LogP contribution >= 0.6 is 0 Å². The summed E-state index contributed by atoms with van der Waals surface area (Å²) in [7, 11) is 1.53. The van der Waals surface area contributed by atoms with Crippen LogP contribution in [-0.4, -0.2) is 219 Å². The second kappa shape index (κ2) is 43.8. The molecule has 6 aromatic rings. The maximum absolute atomic E-state index is 13.7. The third kappa shape index (κ3) is 24.8. The number of cyclic esters (lactones) is 1. The Labute approximate surface area is 685 Å². The van der Waals surface area contributed by atoms with Crippen LogP contribution in [0.3, 0.4) is 0 Å². The third-order valence-corrected chi connectivity index (χ3v) is 21.8. The van der Waals surface area contributed by atoms with E-state index < -0.39 is 180 Å². The maximum atomic E-state index is 13.7. The summed E-state index contributed by atoms with van der Waals surface area (Å²) in [6.07, 6.45) is 1.14. The number of carbonyl (C=O) groups excluding carboxylic acids is 12. The molecule has 3 aliphatic rings. The lowest BCUT2D eigenvalue weighted by molar-refractivity contribution is -0.167. The number of likely N-dealkylation sites (N-methyl/N-ethyl adjacent to an activating group) is 1. The summed E-state index contributed by atoms with van der Waals surface area (Å²) < 4.78 is 5.59. The van der Waals surface area contributed by atoms with E-state index in [1.807, 2.05) is 126 Å². The van der Waals surface area contributed by atoms with Crippen LogP contribution in [0.5, 0.6) is 17.2 Å². The zero-order valence-electron chi connectivity index (χ0n) is 68.5. The van der Waals surface area contributed by atoms with Gasteiger partial charge in [-0.3, -0.25) is 57.5 Å². The van der Waals surface area contributed by atoms with Crippen molar-refractivity contribution in [1.82, 2.24) is 73.0 Å². The molecular formula is C85H112N14O19. The zero-order valence-corrected chi connectivity index (χ0v) is 68.5. The number of aliphatic hydroxyl groups excluding tert-OH is 3. The molecule has 6 heterocycles. The number of hydrogen-bond acceptors (Lipinski definition) is 22. The van der Waals surface area contributed by atoms with Gasteiger partial charge in [0.25, 0.3) is 23.6 Å². The fraction of sp³-hybridized carbons (Fsp3) is 0.471. The highest BCUT2D eigenvalue weighted by atomic mass is 16.6. The summed E-state index contributed by atoms with van der Waals surface area (Å²) in [5.41, 5.74) is 1.58. The van der Waals surface area contributed by atoms with Crippen LogP contribution < -0.4 is 53.2 Å². The average Bonchev–Trinajstić information content (AvgIpc) is 0.813. The summed E-state index contributed by atoms with van der Waals surface area (Å²) in [4.78, 5) is 173. The molecule has 118 heavy (non-hydrogen) atoms. The van der Waals surface area contributed by atoms with Crippen molar-refractivity contribution < 1.29 is 92.9 Å². The van der Waals surface area contributed by atoms with Crippen molar-refractivity contribution in [2.24, 2.45) is 35.5 Å². The number of nitrogens with zero attached hydrogens (tertiary/aromatic N) is 4. The van der Waals surface area contributed by atoms with E-state index in [4.69, 9.17) is 4.74 Å². The molecule has 6 unspecified atom stereocenters. The third-order valence-electron chi connectivity index (χ3n) is 21.8. The van der Waals surface area contributed by atoms with Crippen LogP contribution in [0.1, 0.15) is 151 Å². The van der Waals surface area contributed by atoms with Crippen molar-refractivity contribution in [3.8, 4) is 17.2 Å². The highest BCUT2D eigenvalue weighted by Gasteiger charge is 2.45. The van der Waals surface area contributed by atoms with Crippen LogP contribution in [0, 0.1) is 35.5 Å². The molecule has 9 rings (SSSR count). The van der Waals surface area contributed by atoms with Crippen molar-refractivity contribution >= 4 is 70.9 Å². The van der Waals surface area contributed by atoms with Gasteiger partial charge in [-0.05, 0) is 118 Å². The van der Waals surface area contributed by atoms with Gasteiger partial charge in [0.1, 0.15) is 47.5 Å². The second-order valence-corrected chi connectivity index (χ2v) is 30.5. The quantitative estimate of drug-likeness (QED) is 0.0550. The smallest absolute Gasteiger partial charge is 0.312 e. The molecule has 636 valence electrons. The normalized spacial score (nSPS) is 27.1. The molecule has 16 N–H and O–H groups in total. The molecular weight excluding hydrogens is 1520 g/mol. The summed E-state index contributed by atoms with van der Waals surface area (Å²) in [6, 6.07) is 24.4. The first-order chi connectivity index (χ1) is 56.0. The Kier molecular flexibility index (Phi) is 34.6. The van der Waals surface area contributed by atoms with Gasteiger partial charge < -0.3 is 93.4 Å². The first-order valence-electron chi connectivity index (χ1n) is 39.6. The van der Waals surface area contributed by atoms with Crippen molar-refractivity contribution in [2.75, 3.05) is 7.05 Å². The van der Waals surface area contributed by atoms with E-state index in [1.165, 1.54) is 87.7 Å². The van der Waals surface area contributed by atoms with Gasteiger partial charge in [-0.2, -0.15) is 0 Å². The first-order valence-corrected chi connectivity index (χ1v) is 39.6. The van der Waals surface area contributed by atoms with E-state index in [1.54, 1.807) is 27.7 Å². The van der Waals surface area contributed by atoms with Crippen LogP contribution in [0.2, 0.25) is 0 Å². The number of hydrogen-bond donors (Lipinski definition) is 16. The first kappa shape index (κ1) is 93.2. The van der Waals surface area contributed by atoms with E-state index in [-0.39, 0.29) is 71.3 Å². The predicted molar refractivity (Wildman–Crippen MR) is 433 cm³/mol. The summed E-state index contributed by atoms with van der Waals surface area (Å²) >= 11 is 0. The lowest BCUT2D eigenvalue weighted by Crippen LogP contribution is -2.64. The topological polar surface area (TPSA) is 498 Å². The minimum absolute atomic E-state index is 0.183. The molecule has 33 nitrogen and oxygen atoms in total. The van der Waals surface area contributed by atoms with Gasteiger partial charge in [-0.25, -0.2) is 15.0 Å². The molecule has 21 atom stereocenters. The van der Waals surface area contributed by atoms with Gasteiger partial charge in [0.05, 0.1) is 72.3 Å². The van der Waals surface area contributed by atoms with Crippen molar-refractivity contribution in [3.05, 3.63) is 180 Å². The van der Waals surface area contributed by atoms with Gasteiger partial charge in [0.15, 0.2) is 23.2 Å². The van der Waals surface area contributed by atoms with Gasteiger partial charge in [-0.1, -0.05) is 159 Å². The Bertz CT molecular complexity index is 4250. The Balaban J connectivity index is 0.000000244. The number of aromatic hydroxyl groups is 3. The Morgan fingerprint density at radius 1 is 0.407 bits per heavy atom. The van der Waals surface area contributed by atoms with Crippen molar-refractivity contribution in [1.29, 1.82) is 0 Å². The molecule has 3 saturated heterocycles. The van der Waals surface area contributed by atoms with E-state index in [9.17, 15) is 88.2 Å². The maximum Gasteiger partial charge on any atom is 0.312 e. The minimum atomic E-state index is -1.37. The van der Waals surface area contributed by atoms with Gasteiger partial charge >= 0.3 is 5.97 Å². The Morgan fingerprint density at radius 3 is 1.08 bits per heavy atom. The number of benzene rings is 3. The minimum Gasteiger partial charge on any atom is -0.505 e. The van der Waals surface area contributed by atoms with E-state index in [2.05, 4.69) is 68.1 Å². The number of pyridine rings is 3. The lowest BCUT2D eigenvalue weighted by atomic mass is 9.89. The van der Waals surface area contributed by atoms with Crippen LogP contribution in [0.4, 0.5) is 0 Å². The van der Waals surface area contributed by atoms with Crippen molar-refractivity contribution in [2.45, 2.75) is 212 Å². The summed E-state index contributed by atoms with van der Waals surface area (Å²) in [6.45, 7) is 20.2.